The molecule has 1 aliphatic rings. The molecule has 1 amide bonds. The summed E-state index contributed by atoms with van der Waals surface area (Å²) in [7, 11) is 0. The van der Waals surface area contributed by atoms with E-state index in [0.717, 1.165) is 38.1 Å². The highest BCUT2D eigenvalue weighted by molar-refractivity contribution is 9.10. The second-order valence-corrected chi connectivity index (χ2v) is 5.78. The monoisotopic (exact) mass is 362 g/mol. The van der Waals surface area contributed by atoms with E-state index in [9.17, 15) is 13.6 Å². The normalized spacial score (nSPS) is 16.0. The number of nitrogens with one attached hydrogen (secondary N) is 2. The van der Waals surface area contributed by atoms with Gasteiger partial charge >= 0.3 is 0 Å². The van der Waals surface area contributed by atoms with E-state index >= 15 is 0 Å². The molecule has 0 aliphatic carbocycles. The number of ether oxygens (including phenoxy) is 1. The van der Waals surface area contributed by atoms with E-state index in [4.69, 9.17) is 4.74 Å². The molecule has 1 fully saturated rings. The van der Waals surface area contributed by atoms with Crippen molar-refractivity contribution in [2.45, 2.75) is 25.4 Å². The third kappa shape index (κ3) is 5.01. The van der Waals surface area contributed by atoms with Gasteiger partial charge in [0.05, 0.1) is 19.1 Å². The molecule has 21 heavy (non-hydrogen) atoms. The van der Waals surface area contributed by atoms with Crippen LogP contribution in [-0.2, 0) is 9.53 Å². The molecule has 0 spiro atoms. The summed E-state index contributed by atoms with van der Waals surface area (Å²) in [6.07, 6.45) is 2.05. The SMILES string of the molecule is O=C(CCOC1CCNCC1)Nc1c(F)cc(Br)cc1F. The van der Waals surface area contributed by atoms with Crippen LogP contribution in [0.2, 0.25) is 0 Å². The van der Waals surface area contributed by atoms with Crippen LogP contribution < -0.4 is 10.6 Å². The molecule has 1 aromatic rings. The van der Waals surface area contributed by atoms with Gasteiger partial charge in [-0.05, 0) is 38.1 Å². The van der Waals surface area contributed by atoms with Crippen molar-refractivity contribution >= 4 is 27.5 Å². The molecular weight excluding hydrogens is 346 g/mol. The molecule has 2 N–H and O–H groups in total. The molecule has 1 aromatic carbocycles. The van der Waals surface area contributed by atoms with Crippen molar-refractivity contribution < 1.29 is 18.3 Å². The van der Waals surface area contributed by atoms with Crippen molar-refractivity contribution in [1.29, 1.82) is 0 Å². The maximum atomic E-state index is 13.6. The number of piperidine rings is 1. The van der Waals surface area contributed by atoms with E-state index in [-0.39, 0.29) is 23.6 Å². The summed E-state index contributed by atoms with van der Waals surface area (Å²) >= 11 is 2.98. The van der Waals surface area contributed by atoms with Crippen molar-refractivity contribution in [1.82, 2.24) is 5.32 Å². The Morgan fingerprint density at radius 2 is 1.95 bits per heavy atom. The van der Waals surface area contributed by atoms with Crippen LogP contribution in [0.4, 0.5) is 14.5 Å². The van der Waals surface area contributed by atoms with E-state index in [1.54, 1.807) is 0 Å². The van der Waals surface area contributed by atoms with E-state index in [1.807, 2.05) is 0 Å². The van der Waals surface area contributed by atoms with Crippen molar-refractivity contribution in [3.8, 4) is 0 Å². The Bertz CT molecular complexity index is 485. The van der Waals surface area contributed by atoms with Gasteiger partial charge in [-0.1, -0.05) is 15.9 Å². The number of amides is 1. The molecule has 0 unspecified atom stereocenters. The summed E-state index contributed by atoms with van der Waals surface area (Å²) in [6.45, 7) is 2.06. The van der Waals surface area contributed by atoms with Crippen molar-refractivity contribution in [3.05, 3.63) is 28.2 Å². The second-order valence-electron chi connectivity index (χ2n) is 4.86. The Morgan fingerprint density at radius 1 is 1.33 bits per heavy atom. The average Bonchev–Trinajstić information content (AvgIpc) is 2.44. The lowest BCUT2D eigenvalue weighted by Crippen LogP contribution is -2.33. The van der Waals surface area contributed by atoms with Gasteiger partial charge in [-0.25, -0.2) is 8.78 Å². The smallest absolute Gasteiger partial charge is 0.226 e. The van der Waals surface area contributed by atoms with Crippen LogP contribution >= 0.6 is 15.9 Å². The number of carbonyl (C=O) groups excluding carboxylic acids is 1. The van der Waals surface area contributed by atoms with Crippen LogP contribution in [-0.4, -0.2) is 31.7 Å². The highest BCUT2D eigenvalue weighted by Gasteiger charge is 2.16. The molecule has 2 rings (SSSR count). The molecule has 116 valence electrons. The lowest BCUT2D eigenvalue weighted by Gasteiger charge is -2.22. The third-order valence-corrected chi connectivity index (χ3v) is 3.70. The van der Waals surface area contributed by atoms with Crippen LogP contribution in [0.5, 0.6) is 0 Å². The number of benzene rings is 1. The molecular formula is C14H17BrF2N2O2. The van der Waals surface area contributed by atoms with Gasteiger partial charge in [-0.15, -0.1) is 0 Å². The summed E-state index contributed by atoms with van der Waals surface area (Å²) in [5, 5.41) is 5.46. The van der Waals surface area contributed by atoms with E-state index in [0.29, 0.717) is 0 Å². The van der Waals surface area contributed by atoms with Gasteiger partial charge in [-0.3, -0.25) is 4.79 Å². The Hall–Kier alpha value is -1.05. The summed E-state index contributed by atoms with van der Waals surface area (Å²) < 4.78 is 33.0. The lowest BCUT2D eigenvalue weighted by molar-refractivity contribution is -0.117. The first-order valence-corrected chi connectivity index (χ1v) is 7.62. The zero-order chi connectivity index (χ0) is 15.2. The standard InChI is InChI=1S/C14H17BrF2N2O2/c15-9-7-11(16)14(12(17)8-9)19-13(20)3-6-21-10-1-4-18-5-2-10/h7-8,10,18H,1-6H2,(H,19,20). The molecule has 0 bridgehead atoms. The fraction of sp³-hybridized carbons (Fsp3) is 0.500. The van der Waals surface area contributed by atoms with Crippen LogP contribution in [0.1, 0.15) is 19.3 Å². The zero-order valence-corrected chi connectivity index (χ0v) is 13.0. The Labute approximate surface area is 130 Å². The highest BCUT2D eigenvalue weighted by atomic mass is 79.9. The van der Waals surface area contributed by atoms with Gasteiger partial charge in [0, 0.05) is 4.47 Å². The van der Waals surface area contributed by atoms with E-state index < -0.39 is 23.2 Å². The Kier molecular flexibility index (Phi) is 6.08. The average molecular weight is 363 g/mol. The summed E-state index contributed by atoms with van der Waals surface area (Å²) in [5.74, 6) is -2.09. The molecule has 1 heterocycles. The minimum Gasteiger partial charge on any atom is -0.378 e. The van der Waals surface area contributed by atoms with Crippen molar-refractivity contribution in [2.24, 2.45) is 0 Å². The number of anilines is 1. The van der Waals surface area contributed by atoms with Crippen LogP contribution in [0.25, 0.3) is 0 Å². The minimum atomic E-state index is -0.811. The maximum absolute atomic E-state index is 13.6. The van der Waals surface area contributed by atoms with E-state index in [2.05, 4.69) is 26.6 Å². The number of halogens is 3. The molecule has 0 atom stereocenters. The minimum absolute atomic E-state index is 0.0683. The fourth-order valence-electron chi connectivity index (χ4n) is 2.14. The molecule has 4 nitrogen and oxygen atoms in total. The van der Waals surface area contributed by atoms with Crippen molar-refractivity contribution in [2.75, 3.05) is 25.0 Å². The van der Waals surface area contributed by atoms with Gasteiger partial charge in [0.25, 0.3) is 0 Å². The first kappa shape index (κ1) is 16.3. The Morgan fingerprint density at radius 3 is 2.57 bits per heavy atom. The van der Waals surface area contributed by atoms with Gasteiger partial charge in [0.15, 0.2) is 11.6 Å². The molecule has 1 saturated heterocycles. The highest BCUT2D eigenvalue weighted by Crippen LogP contribution is 2.23. The zero-order valence-electron chi connectivity index (χ0n) is 11.4. The van der Waals surface area contributed by atoms with Gasteiger partial charge < -0.3 is 15.4 Å². The molecule has 0 radical (unpaired) electrons. The lowest BCUT2D eigenvalue weighted by atomic mass is 10.1. The quantitative estimate of drug-likeness (QED) is 0.846. The largest absolute Gasteiger partial charge is 0.378 e. The predicted molar refractivity (Wildman–Crippen MR) is 79.1 cm³/mol. The topological polar surface area (TPSA) is 50.4 Å². The van der Waals surface area contributed by atoms with Crippen LogP contribution in [0, 0.1) is 11.6 Å². The summed E-state index contributed by atoms with van der Waals surface area (Å²) in [4.78, 5) is 11.7. The van der Waals surface area contributed by atoms with Gasteiger partial charge in [0.2, 0.25) is 5.91 Å². The fourth-order valence-corrected chi connectivity index (χ4v) is 2.55. The molecule has 0 aromatic heterocycles. The van der Waals surface area contributed by atoms with Crippen LogP contribution in [0.15, 0.2) is 16.6 Å². The summed E-state index contributed by atoms with van der Waals surface area (Å²) in [5.41, 5.74) is -0.426. The first-order valence-electron chi connectivity index (χ1n) is 6.83. The summed E-state index contributed by atoms with van der Waals surface area (Å²) in [6, 6.07) is 2.20. The molecule has 1 aliphatic heterocycles. The molecule has 0 saturated carbocycles. The molecule has 7 heteroatoms. The van der Waals surface area contributed by atoms with Gasteiger partial charge in [-0.2, -0.15) is 0 Å². The van der Waals surface area contributed by atoms with Crippen molar-refractivity contribution in [3.63, 3.8) is 0 Å². The van der Waals surface area contributed by atoms with Crippen LogP contribution in [0.3, 0.4) is 0 Å². The number of rotatable bonds is 5. The number of carbonyl (C=O) groups is 1. The number of hydrogen-bond acceptors (Lipinski definition) is 3. The Balaban J connectivity index is 1.79. The third-order valence-electron chi connectivity index (χ3n) is 3.24. The first-order chi connectivity index (χ1) is 10.1. The maximum Gasteiger partial charge on any atom is 0.226 e. The van der Waals surface area contributed by atoms with E-state index in [1.165, 1.54) is 0 Å². The predicted octanol–water partition coefficient (Wildman–Crippen LogP) is 2.82. The van der Waals surface area contributed by atoms with Gasteiger partial charge in [0.1, 0.15) is 5.69 Å². The number of hydrogen-bond donors (Lipinski definition) is 2. The second kappa shape index (κ2) is 7.82.